The van der Waals surface area contributed by atoms with Gasteiger partial charge < -0.3 is 15.0 Å². The van der Waals surface area contributed by atoms with Crippen molar-refractivity contribution in [3.05, 3.63) is 30.1 Å². The van der Waals surface area contributed by atoms with Crippen LogP contribution < -0.4 is 10.2 Å². The first kappa shape index (κ1) is 14.3. The Hall–Kier alpha value is -1.13. The first-order valence-corrected chi connectivity index (χ1v) is 6.98. The minimum atomic E-state index is -0.190. The standard InChI is InChI=1S/C15H23FN2O/c1-12(15-7-4-10-19-15)17-8-9-18(2)14-6-3-5-13(16)11-14/h3,5-6,11-12,15,17H,4,7-10H2,1-2H3. The lowest BCUT2D eigenvalue weighted by atomic mass is 10.1. The highest BCUT2D eigenvalue weighted by Crippen LogP contribution is 2.16. The molecule has 2 rings (SSSR count). The van der Waals surface area contributed by atoms with E-state index >= 15 is 0 Å². The van der Waals surface area contributed by atoms with E-state index in [-0.39, 0.29) is 5.82 Å². The second kappa shape index (κ2) is 6.87. The minimum Gasteiger partial charge on any atom is -0.377 e. The average Bonchev–Trinajstić information content (AvgIpc) is 2.92. The Kier molecular flexibility index (Phi) is 5.16. The molecule has 0 aliphatic carbocycles. The van der Waals surface area contributed by atoms with Crippen molar-refractivity contribution in [3.63, 3.8) is 0 Å². The minimum absolute atomic E-state index is 0.190. The number of ether oxygens (including phenoxy) is 1. The van der Waals surface area contributed by atoms with Crippen LogP contribution in [0.25, 0.3) is 0 Å². The number of rotatable bonds is 6. The van der Waals surface area contributed by atoms with Crippen LogP contribution in [0.15, 0.2) is 24.3 Å². The Morgan fingerprint density at radius 1 is 1.53 bits per heavy atom. The van der Waals surface area contributed by atoms with Crippen molar-refractivity contribution < 1.29 is 9.13 Å². The van der Waals surface area contributed by atoms with Gasteiger partial charge in [0, 0.05) is 38.5 Å². The number of hydrogen-bond donors (Lipinski definition) is 1. The van der Waals surface area contributed by atoms with E-state index in [0.29, 0.717) is 12.1 Å². The second-order valence-electron chi connectivity index (χ2n) is 5.20. The number of anilines is 1. The molecular formula is C15H23FN2O. The number of nitrogens with one attached hydrogen (secondary N) is 1. The van der Waals surface area contributed by atoms with Crippen LogP contribution in [0.5, 0.6) is 0 Å². The van der Waals surface area contributed by atoms with E-state index in [0.717, 1.165) is 31.8 Å². The molecule has 0 spiro atoms. The maximum absolute atomic E-state index is 13.1. The molecule has 0 saturated carbocycles. The SMILES string of the molecule is CC(NCCN(C)c1cccc(F)c1)C1CCCO1. The lowest BCUT2D eigenvalue weighted by molar-refractivity contribution is 0.0841. The molecule has 19 heavy (non-hydrogen) atoms. The molecule has 1 saturated heterocycles. The molecule has 0 radical (unpaired) electrons. The molecule has 4 heteroatoms. The maximum Gasteiger partial charge on any atom is 0.125 e. The Labute approximate surface area is 114 Å². The molecule has 1 fully saturated rings. The summed E-state index contributed by atoms with van der Waals surface area (Å²) in [7, 11) is 1.98. The predicted molar refractivity (Wildman–Crippen MR) is 76.1 cm³/mol. The Morgan fingerprint density at radius 2 is 2.37 bits per heavy atom. The molecule has 1 aromatic carbocycles. The molecule has 1 aromatic rings. The zero-order chi connectivity index (χ0) is 13.7. The van der Waals surface area contributed by atoms with Gasteiger partial charge in [0.05, 0.1) is 6.10 Å². The third-order valence-electron chi connectivity index (χ3n) is 3.69. The highest BCUT2D eigenvalue weighted by Gasteiger charge is 2.21. The topological polar surface area (TPSA) is 24.5 Å². The van der Waals surface area contributed by atoms with Crippen LogP contribution in [0.1, 0.15) is 19.8 Å². The Balaban J connectivity index is 1.72. The number of halogens is 1. The van der Waals surface area contributed by atoms with Gasteiger partial charge in [-0.1, -0.05) is 6.07 Å². The van der Waals surface area contributed by atoms with Crippen LogP contribution in [0.3, 0.4) is 0 Å². The van der Waals surface area contributed by atoms with E-state index in [1.807, 2.05) is 13.1 Å². The largest absolute Gasteiger partial charge is 0.377 e. The maximum atomic E-state index is 13.1. The normalized spacial score (nSPS) is 20.5. The zero-order valence-electron chi connectivity index (χ0n) is 11.7. The van der Waals surface area contributed by atoms with Gasteiger partial charge in [0.15, 0.2) is 0 Å². The first-order chi connectivity index (χ1) is 9.16. The predicted octanol–water partition coefficient (Wildman–Crippen LogP) is 2.42. The fourth-order valence-corrected chi connectivity index (χ4v) is 2.43. The first-order valence-electron chi connectivity index (χ1n) is 6.98. The molecule has 1 N–H and O–H groups in total. The van der Waals surface area contributed by atoms with Crippen molar-refractivity contribution in [3.8, 4) is 0 Å². The van der Waals surface area contributed by atoms with Gasteiger partial charge in [-0.2, -0.15) is 0 Å². The van der Waals surface area contributed by atoms with Gasteiger partial charge in [-0.25, -0.2) is 4.39 Å². The summed E-state index contributed by atoms with van der Waals surface area (Å²) in [5.41, 5.74) is 0.909. The number of benzene rings is 1. The smallest absolute Gasteiger partial charge is 0.125 e. The summed E-state index contributed by atoms with van der Waals surface area (Å²) in [6.45, 7) is 4.77. The van der Waals surface area contributed by atoms with Crippen molar-refractivity contribution in [1.29, 1.82) is 0 Å². The summed E-state index contributed by atoms with van der Waals surface area (Å²) in [4.78, 5) is 2.05. The van der Waals surface area contributed by atoms with E-state index < -0.39 is 0 Å². The third-order valence-corrected chi connectivity index (χ3v) is 3.69. The van der Waals surface area contributed by atoms with Gasteiger partial charge >= 0.3 is 0 Å². The van der Waals surface area contributed by atoms with Gasteiger partial charge in [0.25, 0.3) is 0 Å². The summed E-state index contributed by atoms with van der Waals surface area (Å²) >= 11 is 0. The molecule has 106 valence electrons. The van der Waals surface area contributed by atoms with Crippen molar-refractivity contribution in [1.82, 2.24) is 5.32 Å². The van der Waals surface area contributed by atoms with E-state index in [1.165, 1.54) is 12.5 Å². The number of nitrogens with zero attached hydrogens (tertiary/aromatic N) is 1. The quantitative estimate of drug-likeness (QED) is 0.856. The van der Waals surface area contributed by atoms with Crippen LogP contribution in [-0.4, -0.2) is 38.9 Å². The molecule has 0 bridgehead atoms. The lowest BCUT2D eigenvalue weighted by Crippen LogP contribution is -2.40. The van der Waals surface area contributed by atoms with Crippen molar-refractivity contribution in [2.45, 2.75) is 31.9 Å². The Bertz CT molecular complexity index is 393. The van der Waals surface area contributed by atoms with Crippen LogP contribution in [-0.2, 0) is 4.74 Å². The van der Waals surface area contributed by atoms with E-state index in [4.69, 9.17) is 4.74 Å². The summed E-state index contributed by atoms with van der Waals surface area (Å²) in [6.07, 6.45) is 2.66. The fourth-order valence-electron chi connectivity index (χ4n) is 2.43. The number of hydrogen-bond acceptors (Lipinski definition) is 3. The molecular weight excluding hydrogens is 243 g/mol. The lowest BCUT2D eigenvalue weighted by Gasteiger charge is -2.23. The molecule has 2 unspecified atom stereocenters. The van der Waals surface area contributed by atoms with Gasteiger partial charge in [-0.15, -0.1) is 0 Å². The van der Waals surface area contributed by atoms with Crippen LogP contribution in [0, 0.1) is 5.82 Å². The highest BCUT2D eigenvalue weighted by molar-refractivity contribution is 5.45. The monoisotopic (exact) mass is 266 g/mol. The van der Waals surface area contributed by atoms with Crippen LogP contribution in [0.4, 0.5) is 10.1 Å². The van der Waals surface area contributed by atoms with Gasteiger partial charge in [0.2, 0.25) is 0 Å². The summed E-state index contributed by atoms with van der Waals surface area (Å²) in [6, 6.07) is 7.07. The van der Waals surface area contributed by atoms with Gasteiger partial charge in [0.1, 0.15) is 5.82 Å². The molecule has 0 amide bonds. The molecule has 1 heterocycles. The zero-order valence-corrected chi connectivity index (χ0v) is 11.7. The molecule has 1 aliphatic heterocycles. The summed E-state index contributed by atoms with van der Waals surface area (Å²) in [5, 5.41) is 3.48. The Morgan fingerprint density at radius 3 is 3.05 bits per heavy atom. The second-order valence-corrected chi connectivity index (χ2v) is 5.20. The highest BCUT2D eigenvalue weighted by atomic mass is 19.1. The summed E-state index contributed by atoms with van der Waals surface area (Å²) < 4.78 is 18.8. The average molecular weight is 266 g/mol. The van der Waals surface area contributed by atoms with Crippen LogP contribution in [0.2, 0.25) is 0 Å². The molecule has 0 aromatic heterocycles. The van der Waals surface area contributed by atoms with Crippen LogP contribution >= 0.6 is 0 Å². The number of likely N-dealkylation sites (N-methyl/N-ethyl adjacent to an activating group) is 1. The third kappa shape index (κ3) is 4.18. The van der Waals surface area contributed by atoms with Gasteiger partial charge in [-0.3, -0.25) is 0 Å². The van der Waals surface area contributed by atoms with Gasteiger partial charge in [-0.05, 0) is 38.0 Å². The molecule has 1 aliphatic rings. The van der Waals surface area contributed by atoms with Crippen molar-refractivity contribution >= 4 is 5.69 Å². The molecule has 3 nitrogen and oxygen atoms in total. The van der Waals surface area contributed by atoms with E-state index in [9.17, 15) is 4.39 Å². The fraction of sp³-hybridized carbons (Fsp3) is 0.600. The van der Waals surface area contributed by atoms with E-state index in [1.54, 1.807) is 12.1 Å². The van der Waals surface area contributed by atoms with Crippen molar-refractivity contribution in [2.75, 3.05) is 31.6 Å². The molecule has 2 atom stereocenters. The summed E-state index contributed by atoms with van der Waals surface area (Å²) in [5.74, 6) is -0.190. The van der Waals surface area contributed by atoms with E-state index in [2.05, 4.69) is 17.1 Å². The van der Waals surface area contributed by atoms with Crippen molar-refractivity contribution in [2.24, 2.45) is 0 Å².